The maximum Gasteiger partial charge on any atom is 0.307 e. The number of hydrogen-bond donors (Lipinski definition) is 2. The van der Waals surface area contributed by atoms with Crippen LogP contribution in [0, 0.1) is 5.92 Å². The molecular weight excluding hydrogens is 376 g/mol. The van der Waals surface area contributed by atoms with E-state index in [9.17, 15) is 4.79 Å². The molecule has 1 fully saturated rings. The Morgan fingerprint density at radius 3 is 2.43 bits per heavy atom. The van der Waals surface area contributed by atoms with Crippen LogP contribution in [0.2, 0.25) is 0 Å². The van der Waals surface area contributed by atoms with Crippen molar-refractivity contribution >= 4 is 17.4 Å². The molecule has 2 N–H and O–H groups in total. The molecule has 1 unspecified atom stereocenters. The van der Waals surface area contributed by atoms with Gasteiger partial charge in [-0.15, -0.1) is 0 Å². The zero-order valence-corrected chi connectivity index (χ0v) is 16.8. The first-order chi connectivity index (χ1) is 14.7. The highest BCUT2D eigenvalue weighted by Gasteiger charge is 2.43. The normalized spacial score (nSPS) is 18.0. The SMILES string of the molecule is CO/N=C(\c1ccccc1)c1cccc(CNc2ccc(C3C[C@H]3C(=O)O)cc2)c1. The molecule has 3 aromatic carbocycles. The van der Waals surface area contributed by atoms with Crippen molar-refractivity contribution in [3.63, 3.8) is 0 Å². The summed E-state index contributed by atoms with van der Waals surface area (Å²) in [6.45, 7) is 0.670. The van der Waals surface area contributed by atoms with E-state index in [1.165, 1.54) is 0 Å². The molecule has 0 saturated heterocycles. The number of oxime groups is 1. The average molecular weight is 400 g/mol. The predicted molar refractivity (Wildman–Crippen MR) is 118 cm³/mol. The number of anilines is 1. The minimum absolute atomic E-state index is 0.157. The van der Waals surface area contributed by atoms with E-state index in [1.807, 2.05) is 66.7 Å². The Balaban J connectivity index is 1.43. The topological polar surface area (TPSA) is 70.9 Å². The number of aliphatic carboxylic acids is 1. The standard InChI is InChI=1S/C25H24N2O3/c1-30-27-24(19-7-3-2-4-8-19)20-9-5-6-17(14-20)16-26-21-12-10-18(11-13-21)22-15-23(22)25(28)29/h2-14,22-23,26H,15-16H2,1H3,(H,28,29)/b27-24+/t22?,23-/m1/s1. The van der Waals surface area contributed by atoms with Crippen LogP contribution in [0.4, 0.5) is 5.69 Å². The molecule has 0 bridgehead atoms. The summed E-state index contributed by atoms with van der Waals surface area (Å²) in [6.07, 6.45) is 0.738. The number of carbonyl (C=O) groups is 1. The molecule has 0 heterocycles. The highest BCUT2D eigenvalue weighted by molar-refractivity contribution is 6.12. The molecule has 30 heavy (non-hydrogen) atoms. The summed E-state index contributed by atoms with van der Waals surface area (Å²) in [5, 5.41) is 16.8. The van der Waals surface area contributed by atoms with Crippen LogP contribution in [-0.4, -0.2) is 23.9 Å². The smallest absolute Gasteiger partial charge is 0.307 e. The molecule has 3 aromatic rings. The van der Waals surface area contributed by atoms with Crippen LogP contribution in [0.1, 0.15) is 34.6 Å². The van der Waals surface area contributed by atoms with Crippen LogP contribution in [0.3, 0.4) is 0 Å². The molecule has 0 aromatic heterocycles. The lowest BCUT2D eigenvalue weighted by atomic mass is 10.0. The Morgan fingerprint density at radius 2 is 1.77 bits per heavy atom. The molecule has 0 amide bonds. The first kappa shape index (κ1) is 19.7. The Bertz CT molecular complexity index is 1050. The van der Waals surface area contributed by atoms with Gasteiger partial charge in [-0.05, 0) is 41.7 Å². The van der Waals surface area contributed by atoms with Gasteiger partial charge in [0.25, 0.3) is 0 Å². The molecule has 0 spiro atoms. The molecule has 0 radical (unpaired) electrons. The maximum atomic E-state index is 11.1. The van der Waals surface area contributed by atoms with Gasteiger partial charge in [0.15, 0.2) is 0 Å². The van der Waals surface area contributed by atoms with Crippen molar-refractivity contribution in [2.45, 2.75) is 18.9 Å². The van der Waals surface area contributed by atoms with Crippen LogP contribution in [-0.2, 0) is 16.2 Å². The van der Waals surface area contributed by atoms with Gasteiger partial charge in [0.2, 0.25) is 0 Å². The van der Waals surface area contributed by atoms with Crippen molar-refractivity contribution < 1.29 is 14.7 Å². The fourth-order valence-electron chi connectivity index (χ4n) is 3.68. The molecule has 1 aliphatic rings. The Kier molecular flexibility index (Phi) is 5.80. The van der Waals surface area contributed by atoms with E-state index in [0.29, 0.717) is 6.54 Å². The van der Waals surface area contributed by atoms with Crippen molar-refractivity contribution in [3.8, 4) is 0 Å². The lowest BCUT2D eigenvalue weighted by molar-refractivity contribution is -0.138. The van der Waals surface area contributed by atoms with Gasteiger partial charge >= 0.3 is 5.97 Å². The highest BCUT2D eigenvalue weighted by atomic mass is 16.6. The van der Waals surface area contributed by atoms with E-state index in [1.54, 1.807) is 7.11 Å². The molecule has 5 nitrogen and oxygen atoms in total. The van der Waals surface area contributed by atoms with Gasteiger partial charge in [-0.3, -0.25) is 4.79 Å². The van der Waals surface area contributed by atoms with Gasteiger partial charge in [0, 0.05) is 23.4 Å². The molecule has 2 atom stereocenters. The van der Waals surface area contributed by atoms with E-state index in [0.717, 1.165) is 40.1 Å². The largest absolute Gasteiger partial charge is 0.481 e. The maximum absolute atomic E-state index is 11.1. The van der Waals surface area contributed by atoms with Crippen molar-refractivity contribution in [1.82, 2.24) is 0 Å². The van der Waals surface area contributed by atoms with E-state index in [2.05, 4.69) is 22.6 Å². The number of nitrogens with one attached hydrogen (secondary N) is 1. The third-order valence-corrected chi connectivity index (χ3v) is 5.37. The molecule has 1 aliphatic carbocycles. The quantitative estimate of drug-likeness (QED) is 0.417. The van der Waals surface area contributed by atoms with Crippen molar-refractivity contribution in [2.75, 3.05) is 12.4 Å². The first-order valence-corrected chi connectivity index (χ1v) is 9.98. The number of nitrogens with zero attached hydrogens (tertiary/aromatic N) is 1. The number of carboxylic acid groups (broad SMARTS) is 1. The van der Waals surface area contributed by atoms with Crippen LogP contribution in [0.5, 0.6) is 0 Å². The van der Waals surface area contributed by atoms with E-state index < -0.39 is 5.97 Å². The summed E-state index contributed by atoms with van der Waals surface area (Å²) in [4.78, 5) is 16.1. The summed E-state index contributed by atoms with van der Waals surface area (Å²) in [5.41, 5.74) is 6.01. The van der Waals surface area contributed by atoms with Crippen molar-refractivity contribution in [2.24, 2.45) is 11.1 Å². The van der Waals surface area contributed by atoms with Gasteiger partial charge in [-0.1, -0.05) is 65.8 Å². The zero-order valence-electron chi connectivity index (χ0n) is 16.8. The van der Waals surface area contributed by atoms with Crippen LogP contribution in [0.25, 0.3) is 0 Å². The first-order valence-electron chi connectivity index (χ1n) is 9.98. The number of rotatable bonds is 8. The second kappa shape index (κ2) is 8.82. The number of hydrogen-bond acceptors (Lipinski definition) is 4. The van der Waals surface area contributed by atoms with Gasteiger partial charge in [0.1, 0.15) is 12.8 Å². The van der Waals surface area contributed by atoms with Gasteiger partial charge in [-0.25, -0.2) is 0 Å². The summed E-state index contributed by atoms with van der Waals surface area (Å²) in [7, 11) is 1.55. The highest BCUT2D eigenvalue weighted by Crippen LogP contribution is 2.47. The Hall–Kier alpha value is -3.60. The molecule has 1 saturated carbocycles. The Labute approximate surface area is 176 Å². The minimum atomic E-state index is -0.700. The predicted octanol–water partition coefficient (Wildman–Crippen LogP) is 4.89. The zero-order chi connectivity index (χ0) is 20.9. The van der Waals surface area contributed by atoms with Crippen molar-refractivity contribution in [1.29, 1.82) is 0 Å². The Morgan fingerprint density at radius 1 is 1.03 bits per heavy atom. The minimum Gasteiger partial charge on any atom is -0.481 e. The summed E-state index contributed by atoms with van der Waals surface area (Å²) >= 11 is 0. The van der Waals surface area contributed by atoms with Crippen LogP contribution in [0.15, 0.2) is 84.0 Å². The molecular formula is C25H24N2O3. The fraction of sp³-hybridized carbons (Fsp3) is 0.200. The summed E-state index contributed by atoms with van der Waals surface area (Å²) in [5.74, 6) is -0.766. The van der Waals surface area contributed by atoms with E-state index >= 15 is 0 Å². The van der Waals surface area contributed by atoms with Gasteiger partial charge in [-0.2, -0.15) is 0 Å². The lowest BCUT2D eigenvalue weighted by Gasteiger charge is -2.11. The molecule has 4 rings (SSSR count). The third kappa shape index (κ3) is 4.51. The second-order valence-electron chi connectivity index (χ2n) is 7.45. The summed E-state index contributed by atoms with van der Waals surface area (Å²) in [6, 6.07) is 26.2. The molecule has 5 heteroatoms. The average Bonchev–Trinajstić information content (AvgIpc) is 3.59. The van der Waals surface area contributed by atoms with Crippen LogP contribution < -0.4 is 5.32 Å². The molecule has 152 valence electrons. The van der Waals surface area contributed by atoms with E-state index in [4.69, 9.17) is 9.94 Å². The lowest BCUT2D eigenvalue weighted by Crippen LogP contribution is -2.06. The van der Waals surface area contributed by atoms with Crippen LogP contribution >= 0.6 is 0 Å². The van der Waals surface area contributed by atoms with Gasteiger partial charge in [0.05, 0.1) is 5.92 Å². The number of benzene rings is 3. The van der Waals surface area contributed by atoms with Crippen molar-refractivity contribution in [3.05, 3.63) is 101 Å². The monoisotopic (exact) mass is 400 g/mol. The second-order valence-corrected chi connectivity index (χ2v) is 7.45. The third-order valence-electron chi connectivity index (χ3n) is 5.37. The van der Waals surface area contributed by atoms with Gasteiger partial charge < -0.3 is 15.3 Å². The molecule has 0 aliphatic heterocycles. The summed E-state index contributed by atoms with van der Waals surface area (Å²) < 4.78 is 0. The fourth-order valence-corrected chi connectivity index (χ4v) is 3.68. The number of carboxylic acids is 1. The van der Waals surface area contributed by atoms with E-state index in [-0.39, 0.29) is 11.8 Å².